The van der Waals surface area contributed by atoms with Crippen molar-refractivity contribution in [3.63, 3.8) is 0 Å². The summed E-state index contributed by atoms with van der Waals surface area (Å²) in [7, 11) is 0. The number of carbonyl (C=O) groups excluding carboxylic acids is 1. The molecule has 0 radical (unpaired) electrons. The number of halogens is 1. The second-order valence-corrected chi connectivity index (χ2v) is 6.12. The van der Waals surface area contributed by atoms with Gasteiger partial charge in [0.05, 0.1) is 18.6 Å². The number of ether oxygens (including phenoxy) is 1. The highest BCUT2D eigenvalue weighted by Gasteiger charge is 2.38. The van der Waals surface area contributed by atoms with Gasteiger partial charge in [-0.1, -0.05) is 23.7 Å². The third-order valence-electron chi connectivity index (χ3n) is 3.78. The molecule has 1 heterocycles. The molecule has 1 aliphatic heterocycles. The van der Waals surface area contributed by atoms with Gasteiger partial charge in [-0.3, -0.25) is 9.59 Å². The fourth-order valence-corrected chi connectivity index (χ4v) is 2.77. The maximum Gasteiger partial charge on any atom is 0.305 e. The van der Waals surface area contributed by atoms with E-state index in [2.05, 4.69) is 5.32 Å². The number of rotatable bonds is 7. The molecule has 120 valence electrons. The van der Waals surface area contributed by atoms with Gasteiger partial charge < -0.3 is 15.2 Å². The summed E-state index contributed by atoms with van der Waals surface area (Å²) in [5.74, 6) is -1.05. The van der Waals surface area contributed by atoms with Gasteiger partial charge in [-0.15, -0.1) is 0 Å². The number of carbonyl (C=O) groups is 2. The van der Waals surface area contributed by atoms with Crippen LogP contribution >= 0.6 is 11.6 Å². The lowest BCUT2D eigenvalue weighted by atomic mass is 9.94. The Labute approximate surface area is 134 Å². The van der Waals surface area contributed by atoms with Crippen molar-refractivity contribution in [3.05, 3.63) is 34.9 Å². The predicted molar refractivity (Wildman–Crippen MR) is 83.0 cm³/mol. The maximum atomic E-state index is 12.0. The third-order valence-corrected chi connectivity index (χ3v) is 4.03. The van der Waals surface area contributed by atoms with E-state index < -0.39 is 11.5 Å². The first kappa shape index (κ1) is 16.8. The van der Waals surface area contributed by atoms with E-state index in [1.54, 1.807) is 0 Å². The van der Waals surface area contributed by atoms with Gasteiger partial charge >= 0.3 is 5.97 Å². The van der Waals surface area contributed by atoms with Gasteiger partial charge in [0.15, 0.2) is 0 Å². The van der Waals surface area contributed by atoms with Crippen molar-refractivity contribution in [2.45, 2.75) is 37.6 Å². The van der Waals surface area contributed by atoms with Gasteiger partial charge in [-0.2, -0.15) is 0 Å². The lowest BCUT2D eigenvalue weighted by Gasteiger charge is -2.27. The third kappa shape index (κ3) is 5.00. The van der Waals surface area contributed by atoms with E-state index in [1.165, 1.54) is 0 Å². The van der Waals surface area contributed by atoms with Gasteiger partial charge in [0.25, 0.3) is 0 Å². The first-order valence-electron chi connectivity index (χ1n) is 7.34. The molecule has 1 aliphatic rings. The molecule has 1 saturated heterocycles. The summed E-state index contributed by atoms with van der Waals surface area (Å²) < 4.78 is 5.26. The summed E-state index contributed by atoms with van der Waals surface area (Å²) in [6.45, 7) is 0.751. The van der Waals surface area contributed by atoms with Crippen molar-refractivity contribution in [3.8, 4) is 0 Å². The Bertz CT molecular complexity index is 523. The van der Waals surface area contributed by atoms with Crippen LogP contribution in [0.4, 0.5) is 0 Å². The molecule has 0 spiro atoms. The normalized spacial score (nSPS) is 20.8. The highest BCUT2D eigenvalue weighted by molar-refractivity contribution is 6.30. The zero-order valence-corrected chi connectivity index (χ0v) is 13.1. The van der Waals surface area contributed by atoms with Crippen LogP contribution in [0.2, 0.25) is 5.02 Å². The van der Waals surface area contributed by atoms with Crippen LogP contribution in [0.25, 0.3) is 0 Å². The standard InChI is InChI=1S/C16H20ClNO4/c17-13-6-4-12(5-7-13)2-1-3-14(19)18-16(10-15(20)21)8-9-22-11-16/h4-7H,1-3,8-11H2,(H,18,19)(H,20,21). The monoisotopic (exact) mass is 325 g/mol. The van der Waals surface area contributed by atoms with Gasteiger partial charge in [0.2, 0.25) is 5.91 Å². The summed E-state index contributed by atoms with van der Waals surface area (Å²) in [6.07, 6.45) is 2.30. The highest BCUT2D eigenvalue weighted by Crippen LogP contribution is 2.23. The van der Waals surface area contributed by atoms with Crippen molar-refractivity contribution in [2.24, 2.45) is 0 Å². The summed E-state index contributed by atoms with van der Waals surface area (Å²) in [5.41, 5.74) is 0.380. The maximum absolute atomic E-state index is 12.0. The molecule has 0 saturated carbocycles. The first-order valence-corrected chi connectivity index (χ1v) is 7.72. The molecule has 0 bridgehead atoms. The number of aryl methyl sites for hydroxylation is 1. The molecule has 1 unspecified atom stereocenters. The largest absolute Gasteiger partial charge is 0.481 e. The van der Waals surface area contributed by atoms with Crippen LogP contribution < -0.4 is 5.32 Å². The van der Waals surface area contributed by atoms with E-state index in [-0.39, 0.29) is 18.9 Å². The fourth-order valence-electron chi connectivity index (χ4n) is 2.64. The molecule has 1 aromatic rings. The lowest BCUT2D eigenvalue weighted by Crippen LogP contribution is -2.50. The molecule has 1 atom stereocenters. The SMILES string of the molecule is O=C(O)CC1(NC(=O)CCCc2ccc(Cl)cc2)CCOC1. The molecule has 22 heavy (non-hydrogen) atoms. The summed E-state index contributed by atoms with van der Waals surface area (Å²) in [5, 5.41) is 12.5. The molecule has 1 fully saturated rings. The number of hydrogen-bond donors (Lipinski definition) is 2. The van der Waals surface area contributed by atoms with Gasteiger partial charge in [-0.25, -0.2) is 0 Å². The molecule has 0 aliphatic carbocycles. The summed E-state index contributed by atoms with van der Waals surface area (Å²) >= 11 is 5.82. The Balaban J connectivity index is 1.79. The lowest BCUT2D eigenvalue weighted by molar-refractivity contribution is -0.139. The topological polar surface area (TPSA) is 75.6 Å². The molecular formula is C16H20ClNO4. The molecular weight excluding hydrogens is 306 g/mol. The number of carboxylic acids is 1. The minimum Gasteiger partial charge on any atom is -0.481 e. The Morgan fingerprint density at radius 2 is 2.05 bits per heavy atom. The zero-order valence-electron chi connectivity index (χ0n) is 12.3. The van der Waals surface area contributed by atoms with Gasteiger partial charge in [0, 0.05) is 18.1 Å². The summed E-state index contributed by atoms with van der Waals surface area (Å²) in [6, 6.07) is 7.54. The van der Waals surface area contributed by atoms with E-state index >= 15 is 0 Å². The number of carboxylic acid groups (broad SMARTS) is 1. The fraction of sp³-hybridized carbons (Fsp3) is 0.500. The van der Waals surface area contributed by atoms with Crippen LogP contribution in [-0.2, 0) is 20.7 Å². The molecule has 6 heteroatoms. The summed E-state index contributed by atoms with van der Waals surface area (Å²) in [4.78, 5) is 23.0. The van der Waals surface area contributed by atoms with Crippen LogP contribution in [0, 0.1) is 0 Å². The number of aliphatic carboxylic acids is 1. The van der Waals surface area contributed by atoms with Gasteiger partial charge in [0.1, 0.15) is 0 Å². The second kappa shape index (κ2) is 7.61. The van der Waals surface area contributed by atoms with E-state index in [0.29, 0.717) is 30.9 Å². The average molecular weight is 326 g/mol. The Kier molecular flexibility index (Phi) is 5.80. The Morgan fingerprint density at radius 1 is 1.32 bits per heavy atom. The van der Waals surface area contributed by atoms with Gasteiger partial charge in [-0.05, 0) is 37.0 Å². The number of amides is 1. The first-order chi connectivity index (χ1) is 10.5. The Morgan fingerprint density at radius 3 is 2.64 bits per heavy atom. The second-order valence-electron chi connectivity index (χ2n) is 5.68. The quantitative estimate of drug-likeness (QED) is 0.807. The number of nitrogens with one attached hydrogen (secondary N) is 1. The number of hydrogen-bond acceptors (Lipinski definition) is 3. The molecule has 1 amide bonds. The van der Waals surface area contributed by atoms with Crippen LogP contribution in [0.1, 0.15) is 31.2 Å². The zero-order chi connectivity index (χ0) is 16.0. The van der Waals surface area contributed by atoms with Crippen LogP contribution in [-0.4, -0.2) is 35.7 Å². The minimum absolute atomic E-state index is 0.101. The van der Waals surface area contributed by atoms with E-state index in [4.69, 9.17) is 21.4 Å². The predicted octanol–water partition coefficient (Wildman–Crippen LogP) is 2.41. The van der Waals surface area contributed by atoms with Crippen molar-refractivity contribution < 1.29 is 19.4 Å². The molecule has 2 rings (SSSR count). The smallest absolute Gasteiger partial charge is 0.305 e. The minimum atomic E-state index is -0.924. The van der Waals surface area contributed by atoms with Crippen molar-refractivity contribution >= 4 is 23.5 Å². The average Bonchev–Trinajstić information content (AvgIpc) is 2.88. The van der Waals surface area contributed by atoms with Crippen molar-refractivity contribution in [2.75, 3.05) is 13.2 Å². The number of benzene rings is 1. The Hall–Kier alpha value is -1.59. The van der Waals surface area contributed by atoms with Crippen molar-refractivity contribution in [1.82, 2.24) is 5.32 Å². The van der Waals surface area contributed by atoms with Crippen LogP contribution in [0.3, 0.4) is 0 Å². The van der Waals surface area contributed by atoms with E-state index in [9.17, 15) is 9.59 Å². The molecule has 5 nitrogen and oxygen atoms in total. The van der Waals surface area contributed by atoms with E-state index in [0.717, 1.165) is 12.0 Å². The van der Waals surface area contributed by atoms with Crippen LogP contribution in [0.5, 0.6) is 0 Å². The van der Waals surface area contributed by atoms with E-state index in [1.807, 2.05) is 24.3 Å². The van der Waals surface area contributed by atoms with Crippen molar-refractivity contribution in [1.29, 1.82) is 0 Å². The van der Waals surface area contributed by atoms with Crippen LogP contribution in [0.15, 0.2) is 24.3 Å². The molecule has 2 N–H and O–H groups in total. The molecule has 0 aromatic heterocycles. The highest BCUT2D eigenvalue weighted by atomic mass is 35.5. The molecule has 1 aromatic carbocycles.